The highest BCUT2D eigenvalue weighted by atomic mass is 16.2. The molecule has 208 valence electrons. The zero-order valence-corrected chi connectivity index (χ0v) is 24.5. The molecule has 0 fully saturated rings. The number of anilines is 2. The minimum atomic E-state index is -0.338. The Balaban J connectivity index is 1.62. The smallest absolute Gasteiger partial charge is 0.311 e. The van der Waals surface area contributed by atoms with E-state index in [-0.39, 0.29) is 30.4 Å². The van der Waals surface area contributed by atoms with Gasteiger partial charge in [-0.3, -0.25) is 4.79 Å². The van der Waals surface area contributed by atoms with Crippen molar-refractivity contribution in [3.8, 4) is 5.69 Å². The lowest BCUT2D eigenvalue weighted by Gasteiger charge is -2.24. The number of para-hydroxylation sites is 1. The van der Waals surface area contributed by atoms with E-state index in [1.54, 1.807) is 4.68 Å². The Bertz CT molecular complexity index is 1500. The summed E-state index contributed by atoms with van der Waals surface area (Å²) < 4.78 is 1.78. The summed E-state index contributed by atoms with van der Waals surface area (Å²) in [5, 5.41) is 10.9. The molecule has 3 amide bonds. The first kappa shape index (κ1) is 28.6. The second-order valence-corrected chi connectivity index (χ2v) is 11.5. The fourth-order valence-corrected chi connectivity index (χ4v) is 4.62. The Labute approximate surface area is 237 Å². The van der Waals surface area contributed by atoms with Crippen molar-refractivity contribution in [2.45, 2.75) is 60.4 Å². The topological polar surface area (TPSA) is 79.3 Å². The highest BCUT2D eigenvalue weighted by Crippen LogP contribution is 2.28. The van der Waals surface area contributed by atoms with Crippen LogP contribution in [-0.2, 0) is 16.8 Å². The molecule has 1 aromatic heterocycles. The van der Waals surface area contributed by atoms with Crippen LogP contribution in [0.4, 0.5) is 16.3 Å². The normalized spacial score (nSPS) is 11.3. The van der Waals surface area contributed by atoms with Crippen LogP contribution in [0.15, 0.2) is 72.8 Å². The number of aromatic nitrogens is 2. The van der Waals surface area contributed by atoms with E-state index in [9.17, 15) is 9.59 Å². The molecule has 1 heterocycles. The summed E-state index contributed by atoms with van der Waals surface area (Å²) in [5.41, 5.74) is 7.36. The quantitative estimate of drug-likeness (QED) is 0.264. The predicted octanol–water partition coefficient (Wildman–Crippen LogP) is 7.08. The van der Waals surface area contributed by atoms with Gasteiger partial charge in [0, 0.05) is 23.7 Å². The van der Waals surface area contributed by atoms with Gasteiger partial charge in [0.2, 0.25) is 5.91 Å². The molecule has 0 radical (unpaired) electrons. The zero-order valence-electron chi connectivity index (χ0n) is 24.5. The number of nitrogens with one attached hydrogen (secondary N) is 2. The summed E-state index contributed by atoms with van der Waals surface area (Å²) in [5.74, 6) is 0.260. The summed E-state index contributed by atoms with van der Waals surface area (Å²) in [6, 6.07) is 23.3. The Morgan fingerprint density at radius 1 is 0.825 bits per heavy atom. The third-order valence-corrected chi connectivity index (χ3v) is 6.88. The molecule has 0 aliphatic rings. The molecule has 0 saturated carbocycles. The van der Waals surface area contributed by atoms with E-state index in [1.165, 1.54) is 4.90 Å². The molecule has 0 bridgehead atoms. The number of urea groups is 1. The number of carbonyl (C=O) groups is 2. The van der Waals surface area contributed by atoms with E-state index in [0.29, 0.717) is 5.82 Å². The molecule has 0 aliphatic heterocycles. The van der Waals surface area contributed by atoms with Crippen LogP contribution >= 0.6 is 0 Å². The number of rotatable bonds is 7. The fraction of sp³-hybridized carbons (Fsp3) is 0.303. The lowest BCUT2D eigenvalue weighted by atomic mass is 9.92. The van der Waals surface area contributed by atoms with E-state index < -0.39 is 0 Å². The molecule has 0 spiro atoms. The number of aryl methyl sites for hydroxylation is 4. The van der Waals surface area contributed by atoms with Gasteiger partial charge in [0.1, 0.15) is 12.4 Å². The van der Waals surface area contributed by atoms with E-state index in [1.807, 2.05) is 94.4 Å². The maximum atomic E-state index is 13.5. The average molecular weight is 538 g/mol. The summed E-state index contributed by atoms with van der Waals surface area (Å²) in [7, 11) is 0. The third kappa shape index (κ3) is 6.78. The van der Waals surface area contributed by atoms with Crippen molar-refractivity contribution < 1.29 is 9.59 Å². The Kier molecular flexibility index (Phi) is 8.43. The Morgan fingerprint density at radius 3 is 2.12 bits per heavy atom. The number of hydrogen-bond donors (Lipinski definition) is 2. The predicted molar refractivity (Wildman–Crippen MR) is 162 cm³/mol. The number of carbonyl (C=O) groups excluding carboxylic acids is 2. The van der Waals surface area contributed by atoms with Crippen LogP contribution in [-0.4, -0.2) is 33.2 Å². The SMILES string of the molecule is Cc1ccc(-n2nc(C(C)(C)C)cc2NC(=O)CN(Cc2ccccc2)C(=O)Nc2c(C)cccc2C)c(C)c1. The summed E-state index contributed by atoms with van der Waals surface area (Å²) in [6.45, 7) is 14.4. The van der Waals surface area contributed by atoms with E-state index in [2.05, 4.69) is 37.5 Å². The molecule has 0 atom stereocenters. The highest BCUT2D eigenvalue weighted by molar-refractivity contribution is 5.97. The largest absolute Gasteiger partial charge is 0.322 e. The first-order chi connectivity index (χ1) is 18.9. The lowest BCUT2D eigenvalue weighted by Crippen LogP contribution is -2.40. The van der Waals surface area contributed by atoms with Crippen LogP contribution in [0.5, 0.6) is 0 Å². The Hall–Kier alpha value is -4.39. The first-order valence-electron chi connectivity index (χ1n) is 13.6. The van der Waals surface area contributed by atoms with Gasteiger partial charge in [-0.1, -0.05) is 87.0 Å². The van der Waals surface area contributed by atoms with Gasteiger partial charge in [-0.15, -0.1) is 0 Å². The number of amides is 3. The maximum absolute atomic E-state index is 13.5. The molecule has 2 N–H and O–H groups in total. The Morgan fingerprint density at radius 2 is 1.50 bits per heavy atom. The van der Waals surface area contributed by atoms with E-state index in [0.717, 1.165) is 44.9 Å². The molecule has 7 heteroatoms. The van der Waals surface area contributed by atoms with Crippen molar-refractivity contribution in [3.63, 3.8) is 0 Å². The lowest BCUT2D eigenvalue weighted by molar-refractivity contribution is -0.116. The van der Waals surface area contributed by atoms with Crippen molar-refractivity contribution in [3.05, 3.63) is 106 Å². The minimum Gasteiger partial charge on any atom is -0.311 e. The fourth-order valence-electron chi connectivity index (χ4n) is 4.62. The van der Waals surface area contributed by atoms with Gasteiger partial charge in [-0.05, 0) is 56.0 Å². The van der Waals surface area contributed by atoms with E-state index in [4.69, 9.17) is 5.10 Å². The molecule has 4 aromatic rings. The summed E-state index contributed by atoms with van der Waals surface area (Å²) in [4.78, 5) is 28.6. The van der Waals surface area contributed by atoms with Crippen LogP contribution < -0.4 is 10.6 Å². The second kappa shape index (κ2) is 11.8. The van der Waals surface area contributed by atoms with Crippen LogP contribution in [0, 0.1) is 27.7 Å². The van der Waals surface area contributed by atoms with Gasteiger partial charge >= 0.3 is 6.03 Å². The minimum absolute atomic E-state index is 0.130. The average Bonchev–Trinajstić information content (AvgIpc) is 3.30. The number of nitrogens with zero attached hydrogens (tertiary/aromatic N) is 3. The molecular weight excluding hydrogens is 498 g/mol. The summed E-state index contributed by atoms with van der Waals surface area (Å²) >= 11 is 0. The standard InChI is InChI=1S/C33H39N5O2/c1-22-16-17-27(25(4)18-22)38-29(19-28(36-38)33(5,6)7)34-30(39)21-37(20-26-14-9-8-10-15-26)32(40)35-31-23(2)12-11-13-24(31)3/h8-19H,20-21H2,1-7H3,(H,34,39)(H,35,40). The zero-order chi connectivity index (χ0) is 29.0. The van der Waals surface area contributed by atoms with Gasteiger partial charge in [-0.2, -0.15) is 5.10 Å². The van der Waals surface area contributed by atoms with Gasteiger partial charge in [0.05, 0.1) is 11.4 Å². The molecule has 0 saturated heterocycles. The highest BCUT2D eigenvalue weighted by Gasteiger charge is 2.24. The van der Waals surface area contributed by atoms with Crippen molar-refractivity contribution in [2.24, 2.45) is 0 Å². The van der Waals surface area contributed by atoms with Crippen molar-refractivity contribution in [1.82, 2.24) is 14.7 Å². The van der Waals surface area contributed by atoms with Crippen LogP contribution in [0.2, 0.25) is 0 Å². The van der Waals surface area contributed by atoms with Crippen molar-refractivity contribution in [1.29, 1.82) is 0 Å². The molecular formula is C33H39N5O2. The molecule has 7 nitrogen and oxygen atoms in total. The van der Waals surface area contributed by atoms with Gasteiger partial charge in [-0.25, -0.2) is 9.48 Å². The van der Waals surface area contributed by atoms with Crippen molar-refractivity contribution in [2.75, 3.05) is 17.2 Å². The molecule has 0 aliphatic carbocycles. The third-order valence-electron chi connectivity index (χ3n) is 6.88. The molecule has 3 aromatic carbocycles. The van der Waals surface area contributed by atoms with Gasteiger partial charge in [0.25, 0.3) is 0 Å². The van der Waals surface area contributed by atoms with Crippen molar-refractivity contribution >= 4 is 23.4 Å². The van der Waals surface area contributed by atoms with Crippen LogP contribution in [0.1, 0.15) is 54.3 Å². The second-order valence-electron chi connectivity index (χ2n) is 11.5. The number of benzene rings is 3. The molecule has 4 rings (SSSR count). The maximum Gasteiger partial charge on any atom is 0.322 e. The van der Waals surface area contributed by atoms with Crippen LogP contribution in [0.25, 0.3) is 5.69 Å². The monoisotopic (exact) mass is 537 g/mol. The van der Waals surface area contributed by atoms with Gasteiger partial charge in [0.15, 0.2) is 0 Å². The van der Waals surface area contributed by atoms with E-state index >= 15 is 0 Å². The summed E-state index contributed by atoms with van der Waals surface area (Å²) in [6.07, 6.45) is 0. The first-order valence-corrected chi connectivity index (χ1v) is 13.6. The molecule has 0 unspecified atom stereocenters. The van der Waals surface area contributed by atoms with Gasteiger partial charge < -0.3 is 15.5 Å². The molecule has 40 heavy (non-hydrogen) atoms. The van der Waals surface area contributed by atoms with Crippen LogP contribution in [0.3, 0.4) is 0 Å². The number of hydrogen-bond acceptors (Lipinski definition) is 3.